The Hall–Kier alpha value is -1.16. The van der Waals surface area contributed by atoms with Crippen LogP contribution in [0.15, 0.2) is 12.4 Å². The Bertz CT molecular complexity index is 420. The van der Waals surface area contributed by atoms with E-state index in [1.807, 2.05) is 19.3 Å². The van der Waals surface area contributed by atoms with Crippen LogP contribution in [0.3, 0.4) is 0 Å². The second-order valence-corrected chi connectivity index (χ2v) is 5.68. The van der Waals surface area contributed by atoms with Crippen LogP contribution in [-0.4, -0.2) is 48.1 Å². The van der Waals surface area contributed by atoms with Crippen LogP contribution in [0.2, 0.25) is 0 Å². The summed E-state index contributed by atoms with van der Waals surface area (Å²) in [7, 11) is 2.23. The molecule has 1 spiro atoms. The number of likely N-dealkylation sites (tertiary alicyclic amines) is 1. The topological polar surface area (TPSA) is 32.3 Å². The van der Waals surface area contributed by atoms with Gasteiger partial charge in [-0.15, -0.1) is 0 Å². The molecule has 0 N–H and O–H groups in total. The average Bonchev–Trinajstić information content (AvgIpc) is 2.87. The van der Waals surface area contributed by atoms with Gasteiger partial charge in [-0.25, -0.2) is 4.98 Å². The first-order chi connectivity index (χ1) is 8.17. The highest BCUT2D eigenvalue weighted by Crippen LogP contribution is 2.39. The highest BCUT2D eigenvalue weighted by molar-refractivity contribution is 5.38. The summed E-state index contributed by atoms with van der Waals surface area (Å²) >= 11 is 0. The van der Waals surface area contributed by atoms with Crippen molar-refractivity contribution in [2.24, 2.45) is 5.41 Å². The van der Waals surface area contributed by atoms with Crippen molar-refractivity contribution in [3.8, 4) is 0 Å². The Balaban J connectivity index is 1.76. The Morgan fingerprint density at radius 2 is 2.00 bits per heavy atom. The molecular weight excluding hydrogens is 212 g/mol. The van der Waals surface area contributed by atoms with E-state index in [0.29, 0.717) is 5.41 Å². The largest absolute Gasteiger partial charge is 0.355 e. The van der Waals surface area contributed by atoms with Gasteiger partial charge in [0.2, 0.25) is 0 Å². The molecule has 0 bridgehead atoms. The van der Waals surface area contributed by atoms with Gasteiger partial charge >= 0.3 is 0 Å². The normalized spacial score (nSPS) is 29.4. The number of anilines is 1. The zero-order valence-electron chi connectivity index (χ0n) is 10.7. The lowest BCUT2D eigenvalue weighted by Crippen LogP contribution is -2.30. The second kappa shape index (κ2) is 3.95. The highest BCUT2D eigenvalue weighted by Gasteiger charge is 2.42. The fraction of sp³-hybridized carbons (Fsp3) is 0.692. The standard InChI is InChI=1S/C13H20N4/c1-11-7-14-8-12(15-11)17-6-4-13(10-17)3-5-16(2)9-13/h7-8H,3-6,9-10H2,1-2H3. The predicted molar refractivity (Wildman–Crippen MR) is 68.1 cm³/mol. The summed E-state index contributed by atoms with van der Waals surface area (Å²) in [5.41, 5.74) is 1.52. The first-order valence-corrected chi connectivity index (χ1v) is 6.39. The molecule has 0 radical (unpaired) electrons. The van der Waals surface area contributed by atoms with Crippen molar-refractivity contribution in [2.75, 3.05) is 38.1 Å². The van der Waals surface area contributed by atoms with Crippen LogP contribution in [-0.2, 0) is 0 Å². The van der Waals surface area contributed by atoms with E-state index in [2.05, 4.69) is 26.8 Å². The van der Waals surface area contributed by atoms with Crippen molar-refractivity contribution >= 4 is 5.82 Å². The molecule has 3 heterocycles. The molecule has 2 aliphatic heterocycles. The zero-order chi connectivity index (χ0) is 11.9. The molecular formula is C13H20N4. The molecule has 1 atom stereocenters. The van der Waals surface area contributed by atoms with Crippen molar-refractivity contribution in [1.29, 1.82) is 0 Å². The summed E-state index contributed by atoms with van der Waals surface area (Å²) in [6.45, 7) is 6.77. The SMILES string of the molecule is Cc1cncc(N2CCC3(CCN(C)C3)C2)n1. The monoisotopic (exact) mass is 232 g/mol. The minimum Gasteiger partial charge on any atom is -0.355 e. The van der Waals surface area contributed by atoms with Gasteiger partial charge in [0.05, 0.1) is 11.9 Å². The summed E-state index contributed by atoms with van der Waals surface area (Å²) in [5.74, 6) is 1.05. The Morgan fingerprint density at radius 3 is 2.71 bits per heavy atom. The molecule has 2 aliphatic rings. The number of hydrogen-bond acceptors (Lipinski definition) is 4. The van der Waals surface area contributed by atoms with Crippen LogP contribution in [0, 0.1) is 12.3 Å². The highest BCUT2D eigenvalue weighted by atomic mass is 15.2. The van der Waals surface area contributed by atoms with Gasteiger partial charge in [-0.1, -0.05) is 0 Å². The summed E-state index contributed by atoms with van der Waals surface area (Å²) in [6, 6.07) is 0. The van der Waals surface area contributed by atoms with Crippen molar-refractivity contribution < 1.29 is 0 Å². The third-order valence-electron chi connectivity index (χ3n) is 4.13. The predicted octanol–water partition coefficient (Wildman–Crippen LogP) is 1.32. The lowest BCUT2D eigenvalue weighted by molar-refractivity contribution is 0.312. The van der Waals surface area contributed by atoms with Crippen molar-refractivity contribution in [3.05, 3.63) is 18.1 Å². The molecule has 3 rings (SSSR count). The van der Waals surface area contributed by atoms with E-state index in [4.69, 9.17) is 0 Å². The van der Waals surface area contributed by atoms with Gasteiger partial charge in [-0.2, -0.15) is 0 Å². The molecule has 4 heteroatoms. The molecule has 2 fully saturated rings. The van der Waals surface area contributed by atoms with E-state index in [0.717, 1.165) is 24.6 Å². The van der Waals surface area contributed by atoms with Crippen LogP contribution in [0.5, 0.6) is 0 Å². The van der Waals surface area contributed by atoms with Crippen molar-refractivity contribution in [1.82, 2.24) is 14.9 Å². The quantitative estimate of drug-likeness (QED) is 0.731. The molecule has 17 heavy (non-hydrogen) atoms. The smallest absolute Gasteiger partial charge is 0.147 e. The molecule has 1 aromatic rings. The average molecular weight is 232 g/mol. The molecule has 4 nitrogen and oxygen atoms in total. The van der Waals surface area contributed by atoms with Crippen LogP contribution < -0.4 is 4.90 Å². The summed E-state index contributed by atoms with van der Waals surface area (Å²) in [5, 5.41) is 0. The maximum Gasteiger partial charge on any atom is 0.147 e. The van der Waals surface area contributed by atoms with Crippen LogP contribution >= 0.6 is 0 Å². The number of rotatable bonds is 1. The van der Waals surface area contributed by atoms with Gasteiger partial charge < -0.3 is 9.80 Å². The lowest BCUT2D eigenvalue weighted by atomic mass is 9.86. The third-order valence-corrected chi connectivity index (χ3v) is 4.13. The number of aryl methyl sites for hydroxylation is 1. The summed E-state index contributed by atoms with van der Waals surface area (Å²) < 4.78 is 0. The third kappa shape index (κ3) is 2.02. The minimum absolute atomic E-state index is 0.514. The minimum atomic E-state index is 0.514. The van der Waals surface area contributed by atoms with Gasteiger partial charge in [-0.3, -0.25) is 4.98 Å². The zero-order valence-corrected chi connectivity index (χ0v) is 10.7. The maximum atomic E-state index is 4.58. The van der Waals surface area contributed by atoms with Crippen molar-refractivity contribution in [3.63, 3.8) is 0 Å². The van der Waals surface area contributed by atoms with Crippen LogP contribution in [0.25, 0.3) is 0 Å². The fourth-order valence-electron chi connectivity index (χ4n) is 3.23. The first kappa shape index (κ1) is 11.0. The van der Waals surface area contributed by atoms with E-state index in [1.165, 1.54) is 25.9 Å². The Labute approximate surface area is 103 Å². The van der Waals surface area contributed by atoms with Gasteiger partial charge in [0.25, 0.3) is 0 Å². The molecule has 0 amide bonds. The Morgan fingerprint density at radius 1 is 1.18 bits per heavy atom. The van der Waals surface area contributed by atoms with E-state index in [9.17, 15) is 0 Å². The second-order valence-electron chi connectivity index (χ2n) is 5.68. The Kier molecular flexibility index (Phi) is 2.54. The number of nitrogens with zero attached hydrogens (tertiary/aromatic N) is 4. The number of hydrogen-bond donors (Lipinski definition) is 0. The molecule has 0 saturated carbocycles. The molecule has 1 aromatic heterocycles. The summed E-state index contributed by atoms with van der Waals surface area (Å²) in [6.07, 6.45) is 6.34. The van der Waals surface area contributed by atoms with Gasteiger partial charge in [0.1, 0.15) is 5.82 Å². The number of aromatic nitrogens is 2. The van der Waals surface area contributed by atoms with E-state index in [-0.39, 0.29) is 0 Å². The summed E-state index contributed by atoms with van der Waals surface area (Å²) in [4.78, 5) is 13.7. The fourth-order valence-corrected chi connectivity index (χ4v) is 3.23. The van der Waals surface area contributed by atoms with Crippen molar-refractivity contribution in [2.45, 2.75) is 19.8 Å². The molecule has 2 saturated heterocycles. The van der Waals surface area contributed by atoms with Crippen LogP contribution in [0.4, 0.5) is 5.82 Å². The maximum absolute atomic E-state index is 4.58. The van der Waals surface area contributed by atoms with E-state index >= 15 is 0 Å². The molecule has 0 aromatic carbocycles. The first-order valence-electron chi connectivity index (χ1n) is 6.39. The lowest BCUT2D eigenvalue weighted by Gasteiger charge is -2.24. The molecule has 0 aliphatic carbocycles. The van der Waals surface area contributed by atoms with Gasteiger partial charge in [0, 0.05) is 31.2 Å². The van der Waals surface area contributed by atoms with E-state index < -0.39 is 0 Å². The van der Waals surface area contributed by atoms with Gasteiger partial charge in [-0.05, 0) is 33.4 Å². The molecule has 1 unspecified atom stereocenters. The van der Waals surface area contributed by atoms with Gasteiger partial charge in [0.15, 0.2) is 0 Å². The van der Waals surface area contributed by atoms with E-state index in [1.54, 1.807) is 0 Å². The molecule has 92 valence electrons. The van der Waals surface area contributed by atoms with Crippen LogP contribution in [0.1, 0.15) is 18.5 Å².